The second kappa shape index (κ2) is 5.29. The Hall–Kier alpha value is -1.39. The van der Waals surface area contributed by atoms with Crippen LogP contribution in [0.1, 0.15) is 18.4 Å². The monoisotopic (exact) mass is 236 g/mol. The van der Waals surface area contributed by atoms with Gasteiger partial charge in [-0.3, -0.25) is 0 Å². The summed E-state index contributed by atoms with van der Waals surface area (Å²) in [6.45, 7) is 0.997. The van der Waals surface area contributed by atoms with Gasteiger partial charge in [0.15, 0.2) is 5.60 Å². The zero-order valence-electron chi connectivity index (χ0n) is 9.59. The molecule has 1 aliphatic rings. The fraction of sp³-hybridized carbons (Fsp3) is 0.462. The van der Waals surface area contributed by atoms with Crippen LogP contribution in [0.5, 0.6) is 0 Å². The standard InChI is InChI=1S/C13H16O4/c14-12(13(15)6-8-16-9-7-13)17-10-11-4-2-1-3-5-11/h1-5,15H,6-10H2. The van der Waals surface area contributed by atoms with Crippen LogP contribution < -0.4 is 0 Å². The van der Waals surface area contributed by atoms with Gasteiger partial charge in [-0.15, -0.1) is 0 Å². The van der Waals surface area contributed by atoms with Crippen LogP contribution in [0.2, 0.25) is 0 Å². The van der Waals surface area contributed by atoms with Gasteiger partial charge in [-0.25, -0.2) is 4.79 Å². The summed E-state index contributed by atoms with van der Waals surface area (Å²) in [5, 5.41) is 10.1. The van der Waals surface area contributed by atoms with E-state index in [1.54, 1.807) is 0 Å². The highest BCUT2D eigenvalue weighted by atomic mass is 16.6. The molecule has 0 radical (unpaired) electrons. The number of carbonyl (C=O) groups is 1. The van der Waals surface area contributed by atoms with Crippen LogP contribution in [0.3, 0.4) is 0 Å². The topological polar surface area (TPSA) is 55.8 Å². The van der Waals surface area contributed by atoms with Crippen molar-refractivity contribution in [2.45, 2.75) is 25.0 Å². The lowest BCUT2D eigenvalue weighted by Crippen LogP contribution is -2.44. The SMILES string of the molecule is O=C(OCc1ccccc1)C1(O)CCOCC1. The van der Waals surface area contributed by atoms with E-state index in [0.29, 0.717) is 26.1 Å². The first-order valence-electron chi connectivity index (χ1n) is 5.72. The molecule has 0 bridgehead atoms. The number of hydrogen-bond acceptors (Lipinski definition) is 4. The smallest absolute Gasteiger partial charge is 0.338 e. The summed E-state index contributed by atoms with van der Waals surface area (Å²) in [5.41, 5.74) is -0.455. The average Bonchev–Trinajstić information content (AvgIpc) is 2.38. The minimum absolute atomic E-state index is 0.197. The number of hydrogen-bond donors (Lipinski definition) is 1. The van der Waals surface area contributed by atoms with Crippen molar-refractivity contribution >= 4 is 5.97 Å². The van der Waals surface area contributed by atoms with Crippen LogP contribution in [0.25, 0.3) is 0 Å². The molecule has 1 aromatic rings. The minimum Gasteiger partial charge on any atom is -0.459 e. The predicted octanol–water partition coefficient (Wildman–Crippen LogP) is 1.27. The molecule has 0 spiro atoms. The number of carbonyl (C=O) groups excluding carboxylic acids is 1. The molecule has 4 nitrogen and oxygen atoms in total. The Balaban J connectivity index is 1.88. The van der Waals surface area contributed by atoms with Gasteiger partial charge < -0.3 is 14.6 Å². The molecule has 1 fully saturated rings. The zero-order valence-corrected chi connectivity index (χ0v) is 9.59. The molecule has 4 heteroatoms. The van der Waals surface area contributed by atoms with Crippen molar-refractivity contribution < 1.29 is 19.4 Å². The van der Waals surface area contributed by atoms with E-state index in [-0.39, 0.29) is 6.61 Å². The minimum atomic E-state index is -1.37. The lowest BCUT2D eigenvalue weighted by Gasteiger charge is -2.29. The predicted molar refractivity (Wildman–Crippen MR) is 61.2 cm³/mol. The first-order valence-corrected chi connectivity index (χ1v) is 5.72. The number of aliphatic hydroxyl groups is 1. The molecule has 1 heterocycles. The molecular weight excluding hydrogens is 220 g/mol. The normalized spacial score (nSPS) is 18.6. The molecule has 1 N–H and O–H groups in total. The maximum Gasteiger partial charge on any atom is 0.338 e. The largest absolute Gasteiger partial charge is 0.459 e. The summed E-state index contributed by atoms with van der Waals surface area (Å²) < 4.78 is 10.2. The number of ether oxygens (including phenoxy) is 2. The number of benzene rings is 1. The summed E-state index contributed by atoms with van der Waals surface area (Å²) in [5.74, 6) is -0.551. The second-order valence-electron chi connectivity index (χ2n) is 4.21. The van der Waals surface area contributed by atoms with Crippen molar-refractivity contribution in [1.29, 1.82) is 0 Å². The molecule has 17 heavy (non-hydrogen) atoms. The molecule has 1 saturated heterocycles. The van der Waals surface area contributed by atoms with Crippen LogP contribution >= 0.6 is 0 Å². The highest BCUT2D eigenvalue weighted by Gasteiger charge is 2.39. The van der Waals surface area contributed by atoms with Gasteiger partial charge in [0.1, 0.15) is 6.61 Å². The lowest BCUT2D eigenvalue weighted by atomic mass is 9.95. The van der Waals surface area contributed by atoms with E-state index >= 15 is 0 Å². The quantitative estimate of drug-likeness (QED) is 0.803. The Bertz CT molecular complexity index is 368. The van der Waals surface area contributed by atoms with E-state index in [2.05, 4.69) is 0 Å². The molecule has 1 aliphatic heterocycles. The lowest BCUT2D eigenvalue weighted by molar-refractivity contribution is -0.176. The molecule has 1 aromatic carbocycles. The molecule has 0 unspecified atom stereocenters. The first-order chi connectivity index (χ1) is 8.21. The van der Waals surface area contributed by atoms with Gasteiger partial charge in [0.05, 0.1) is 0 Å². The Morgan fingerprint density at radius 1 is 1.29 bits per heavy atom. The molecule has 0 atom stereocenters. The third-order valence-electron chi connectivity index (χ3n) is 2.91. The summed E-state index contributed by atoms with van der Waals surface area (Å²) in [6, 6.07) is 9.42. The third kappa shape index (κ3) is 3.05. The number of rotatable bonds is 3. The van der Waals surface area contributed by atoms with Crippen molar-refractivity contribution in [3.05, 3.63) is 35.9 Å². The molecule has 0 aliphatic carbocycles. The zero-order chi connectivity index (χ0) is 12.1. The highest BCUT2D eigenvalue weighted by molar-refractivity contribution is 5.79. The summed E-state index contributed by atoms with van der Waals surface area (Å²) in [6.07, 6.45) is 0.612. The molecular formula is C13H16O4. The van der Waals surface area contributed by atoms with Crippen molar-refractivity contribution in [2.75, 3.05) is 13.2 Å². The Labute approximate surface area is 100 Å². The first kappa shape index (κ1) is 12.1. The van der Waals surface area contributed by atoms with Crippen LogP contribution in [0.15, 0.2) is 30.3 Å². The summed E-state index contributed by atoms with van der Waals surface area (Å²) >= 11 is 0. The van der Waals surface area contributed by atoms with Gasteiger partial charge in [-0.2, -0.15) is 0 Å². The van der Waals surface area contributed by atoms with Gasteiger partial charge >= 0.3 is 5.97 Å². The highest BCUT2D eigenvalue weighted by Crippen LogP contribution is 2.22. The van der Waals surface area contributed by atoms with Gasteiger partial charge in [0, 0.05) is 26.1 Å². The molecule has 2 rings (SSSR count). The number of esters is 1. The molecule has 92 valence electrons. The Morgan fingerprint density at radius 3 is 2.59 bits per heavy atom. The summed E-state index contributed by atoms with van der Waals surface area (Å²) in [4.78, 5) is 11.8. The van der Waals surface area contributed by atoms with E-state index in [9.17, 15) is 9.90 Å². The van der Waals surface area contributed by atoms with Gasteiger partial charge in [0.2, 0.25) is 0 Å². The maximum atomic E-state index is 11.8. The van der Waals surface area contributed by atoms with E-state index in [0.717, 1.165) is 5.56 Å². The fourth-order valence-electron chi connectivity index (χ4n) is 1.77. The van der Waals surface area contributed by atoms with Crippen LogP contribution in [-0.4, -0.2) is 29.9 Å². The third-order valence-corrected chi connectivity index (χ3v) is 2.91. The van der Waals surface area contributed by atoms with Crippen LogP contribution in [0, 0.1) is 0 Å². The van der Waals surface area contributed by atoms with Crippen molar-refractivity contribution in [3.8, 4) is 0 Å². The van der Waals surface area contributed by atoms with Crippen molar-refractivity contribution in [1.82, 2.24) is 0 Å². The summed E-state index contributed by atoms with van der Waals surface area (Å²) in [7, 11) is 0. The molecule has 0 saturated carbocycles. The van der Waals surface area contributed by atoms with Gasteiger partial charge in [-0.1, -0.05) is 30.3 Å². The van der Waals surface area contributed by atoms with Gasteiger partial charge in [-0.05, 0) is 5.56 Å². The van der Waals surface area contributed by atoms with E-state index in [1.807, 2.05) is 30.3 Å². The van der Waals surface area contributed by atoms with Gasteiger partial charge in [0.25, 0.3) is 0 Å². The van der Waals surface area contributed by atoms with E-state index < -0.39 is 11.6 Å². The maximum absolute atomic E-state index is 11.8. The molecule has 0 aromatic heterocycles. The average molecular weight is 236 g/mol. The Kier molecular flexibility index (Phi) is 3.76. The van der Waals surface area contributed by atoms with E-state index in [1.165, 1.54) is 0 Å². The van der Waals surface area contributed by atoms with Crippen LogP contribution in [0.4, 0.5) is 0 Å². The van der Waals surface area contributed by atoms with E-state index in [4.69, 9.17) is 9.47 Å². The Morgan fingerprint density at radius 2 is 1.94 bits per heavy atom. The molecule has 0 amide bonds. The van der Waals surface area contributed by atoms with Crippen LogP contribution in [-0.2, 0) is 20.9 Å². The second-order valence-corrected chi connectivity index (χ2v) is 4.21. The fourth-order valence-corrected chi connectivity index (χ4v) is 1.77. The van der Waals surface area contributed by atoms with Crippen molar-refractivity contribution in [2.24, 2.45) is 0 Å². The van der Waals surface area contributed by atoms with Crippen molar-refractivity contribution in [3.63, 3.8) is 0 Å².